The van der Waals surface area contributed by atoms with Crippen LogP contribution in [-0.2, 0) is 4.79 Å². The van der Waals surface area contributed by atoms with Crippen molar-refractivity contribution in [3.05, 3.63) is 94.5 Å². The number of benzene rings is 3. The van der Waals surface area contributed by atoms with Gasteiger partial charge in [-0.25, -0.2) is 0 Å². The van der Waals surface area contributed by atoms with Crippen LogP contribution in [0.1, 0.15) is 43.0 Å². The first-order valence-corrected chi connectivity index (χ1v) is 11.1. The molecule has 4 nitrogen and oxygen atoms in total. The molecule has 0 radical (unpaired) electrons. The second kappa shape index (κ2) is 9.92. The lowest BCUT2D eigenvalue weighted by atomic mass is 9.98. The lowest BCUT2D eigenvalue weighted by molar-refractivity contribution is -0.116. The summed E-state index contributed by atoms with van der Waals surface area (Å²) in [5.74, 6) is 1.42. The molecule has 5 heteroatoms. The quantitative estimate of drug-likeness (QED) is 0.356. The van der Waals surface area contributed by atoms with Gasteiger partial charge < -0.3 is 14.8 Å². The Bertz CT molecular complexity index is 1110. The number of carbonyl (C=O) groups excluding carboxylic acids is 1. The molecule has 164 valence electrons. The van der Waals surface area contributed by atoms with Gasteiger partial charge in [0.2, 0.25) is 0 Å². The molecule has 1 aliphatic rings. The third kappa shape index (κ3) is 5.32. The van der Waals surface area contributed by atoms with Crippen LogP contribution in [0.15, 0.2) is 72.8 Å². The monoisotopic (exact) mass is 447 g/mol. The number of ether oxygens (including phenoxy) is 2. The van der Waals surface area contributed by atoms with E-state index in [9.17, 15) is 4.79 Å². The van der Waals surface area contributed by atoms with E-state index in [-0.39, 0.29) is 18.1 Å². The van der Waals surface area contributed by atoms with E-state index in [0.717, 1.165) is 28.2 Å². The predicted octanol–water partition coefficient (Wildman–Crippen LogP) is 6.31. The summed E-state index contributed by atoms with van der Waals surface area (Å²) in [7, 11) is 0. The molecule has 0 spiro atoms. The molecule has 3 aromatic carbocycles. The van der Waals surface area contributed by atoms with E-state index in [2.05, 4.69) is 5.32 Å². The molecule has 3 aromatic rings. The Hall–Kier alpha value is -3.24. The molecule has 0 aromatic heterocycles. The van der Waals surface area contributed by atoms with Gasteiger partial charge in [0.15, 0.2) is 0 Å². The maximum atomic E-state index is 13.4. The fraction of sp³-hybridized carbons (Fsp3) is 0.222. The highest BCUT2D eigenvalue weighted by Gasteiger charge is 2.25. The van der Waals surface area contributed by atoms with E-state index in [1.54, 1.807) is 6.07 Å². The largest absolute Gasteiger partial charge is 0.493 e. The van der Waals surface area contributed by atoms with Gasteiger partial charge >= 0.3 is 0 Å². The molecule has 32 heavy (non-hydrogen) atoms. The van der Waals surface area contributed by atoms with Crippen molar-refractivity contribution in [1.29, 1.82) is 0 Å². The highest BCUT2D eigenvalue weighted by atomic mass is 35.5. The summed E-state index contributed by atoms with van der Waals surface area (Å²) in [4.78, 5) is 13.4. The first-order chi connectivity index (χ1) is 15.5. The second-order valence-corrected chi connectivity index (χ2v) is 8.44. The molecule has 1 N–H and O–H groups in total. The predicted molar refractivity (Wildman–Crippen MR) is 129 cm³/mol. The minimum atomic E-state index is -0.168. The molecule has 1 atom stereocenters. The molecule has 1 heterocycles. The van der Waals surface area contributed by atoms with Gasteiger partial charge in [-0.15, -0.1) is 0 Å². The topological polar surface area (TPSA) is 47.6 Å². The molecule has 4 rings (SSSR count). The number of rotatable bonds is 6. The van der Waals surface area contributed by atoms with Gasteiger partial charge in [0.1, 0.15) is 11.5 Å². The number of hydrogen-bond donors (Lipinski definition) is 1. The Morgan fingerprint density at radius 1 is 1.09 bits per heavy atom. The molecule has 0 saturated carbocycles. The highest BCUT2D eigenvalue weighted by Crippen LogP contribution is 2.34. The second-order valence-electron chi connectivity index (χ2n) is 8.01. The summed E-state index contributed by atoms with van der Waals surface area (Å²) >= 11 is 6.20. The van der Waals surface area contributed by atoms with Crippen molar-refractivity contribution in [2.24, 2.45) is 0 Å². The van der Waals surface area contributed by atoms with E-state index in [1.165, 1.54) is 0 Å². The molecule has 0 aliphatic carbocycles. The van der Waals surface area contributed by atoms with Gasteiger partial charge in [-0.1, -0.05) is 54.1 Å². The van der Waals surface area contributed by atoms with Crippen LogP contribution in [0.3, 0.4) is 0 Å². The van der Waals surface area contributed by atoms with Crippen LogP contribution >= 0.6 is 11.6 Å². The Labute approximate surface area is 193 Å². The van der Waals surface area contributed by atoms with E-state index in [0.29, 0.717) is 23.6 Å². The third-order valence-corrected chi connectivity index (χ3v) is 5.44. The fourth-order valence-electron chi connectivity index (χ4n) is 3.73. The van der Waals surface area contributed by atoms with Gasteiger partial charge in [0, 0.05) is 22.6 Å². The van der Waals surface area contributed by atoms with Gasteiger partial charge in [0.05, 0.1) is 18.8 Å². The van der Waals surface area contributed by atoms with E-state index < -0.39 is 0 Å². The van der Waals surface area contributed by atoms with Crippen LogP contribution in [-0.4, -0.2) is 18.6 Å². The van der Waals surface area contributed by atoms with E-state index in [1.807, 2.05) is 86.7 Å². The standard InChI is InChI=1S/C27H26ClNO3/c1-18(2)32-22-11-8-19(9-12-22)16-23(20-6-4-3-5-7-20)27(30)29-25-14-15-31-26-13-10-21(28)17-24(25)26/h3-13,16-18,25H,14-15H2,1-2H3,(H,29,30)/b23-16+. The van der Waals surface area contributed by atoms with Crippen LogP contribution in [0.25, 0.3) is 11.6 Å². The Balaban J connectivity index is 1.63. The summed E-state index contributed by atoms with van der Waals surface area (Å²) in [5.41, 5.74) is 3.27. The maximum absolute atomic E-state index is 13.4. The lowest BCUT2D eigenvalue weighted by Crippen LogP contribution is -2.32. The third-order valence-electron chi connectivity index (χ3n) is 5.21. The van der Waals surface area contributed by atoms with Crippen molar-refractivity contribution < 1.29 is 14.3 Å². The summed E-state index contributed by atoms with van der Waals surface area (Å²) < 4.78 is 11.5. The van der Waals surface area contributed by atoms with Crippen LogP contribution in [0.5, 0.6) is 11.5 Å². The zero-order chi connectivity index (χ0) is 22.5. The van der Waals surface area contributed by atoms with Gasteiger partial charge in [0.25, 0.3) is 5.91 Å². The number of hydrogen-bond acceptors (Lipinski definition) is 3. The first-order valence-electron chi connectivity index (χ1n) is 10.8. The number of nitrogens with one attached hydrogen (secondary N) is 1. The van der Waals surface area contributed by atoms with Crippen molar-refractivity contribution in [3.63, 3.8) is 0 Å². The Morgan fingerprint density at radius 3 is 2.56 bits per heavy atom. The van der Waals surface area contributed by atoms with E-state index in [4.69, 9.17) is 21.1 Å². The van der Waals surface area contributed by atoms with Crippen LogP contribution < -0.4 is 14.8 Å². The number of amides is 1. The fourth-order valence-corrected chi connectivity index (χ4v) is 3.91. The Morgan fingerprint density at radius 2 is 1.84 bits per heavy atom. The lowest BCUT2D eigenvalue weighted by Gasteiger charge is -2.27. The molecule has 0 bridgehead atoms. The van der Waals surface area contributed by atoms with Crippen LogP contribution in [0.4, 0.5) is 0 Å². The number of halogens is 1. The average Bonchev–Trinajstić information content (AvgIpc) is 2.79. The minimum absolute atomic E-state index is 0.109. The van der Waals surface area contributed by atoms with Crippen molar-refractivity contribution >= 4 is 29.2 Å². The van der Waals surface area contributed by atoms with Crippen molar-refractivity contribution in [3.8, 4) is 11.5 Å². The average molecular weight is 448 g/mol. The Kier molecular flexibility index (Phi) is 6.81. The van der Waals surface area contributed by atoms with Gasteiger partial charge in [-0.3, -0.25) is 4.79 Å². The molecular weight excluding hydrogens is 422 g/mol. The van der Waals surface area contributed by atoms with E-state index >= 15 is 0 Å². The highest BCUT2D eigenvalue weighted by molar-refractivity contribution is 6.30. The summed E-state index contributed by atoms with van der Waals surface area (Å²) in [6, 6.07) is 22.8. The normalized spacial score (nSPS) is 15.6. The molecule has 0 fully saturated rings. The van der Waals surface area contributed by atoms with Gasteiger partial charge in [-0.05, 0) is 61.4 Å². The number of fused-ring (bicyclic) bond motifs is 1. The van der Waals surface area contributed by atoms with Crippen LogP contribution in [0, 0.1) is 0 Å². The smallest absolute Gasteiger partial charge is 0.252 e. The summed E-state index contributed by atoms with van der Waals surface area (Å²) in [5, 5.41) is 3.81. The minimum Gasteiger partial charge on any atom is -0.493 e. The van der Waals surface area contributed by atoms with Crippen molar-refractivity contribution in [1.82, 2.24) is 5.32 Å². The van der Waals surface area contributed by atoms with Crippen molar-refractivity contribution in [2.45, 2.75) is 32.4 Å². The molecule has 1 unspecified atom stereocenters. The maximum Gasteiger partial charge on any atom is 0.252 e. The van der Waals surface area contributed by atoms with Crippen LogP contribution in [0.2, 0.25) is 5.02 Å². The number of carbonyl (C=O) groups is 1. The molecule has 1 amide bonds. The molecular formula is C27H26ClNO3. The van der Waals surface area contributed by atoms with Gasteiger partial charge in [-0.2, -0.15) is 0 Å². The summed E-state index contributed by atoms with van der Waals surface area (Å²) in [6.07, 6.45) is 2.70. The zero-order valence-corrected chi connectivity index (χ0v) is 18.9. The molecule has 0 saturated heterocycles. The summed E-state index contributed by atoms with van der Waals surface area (Å²) in [6.45, 7) is 4.53. The SMILES string of the molecule is CC(C)Oc1ccc(/C=C(/C(=O)NC2CCOc3ccc(Cl)cc32)c2ccccc2)cc1. The first kappa shape index (κ1) is 22.0. The molecule has 1 aliphatic heterocycles. The van der Waals surface area contributed by atoms with Crippen molar-refractivity contribution in [2.75, 3.05) is 6.61 Å². The zero-order valence-electron chi connectivity index (χ0n) is 18.2.